The number of benzene rings is 2. The second-order valence-corrected chi connectivity index (χ2v) is 5.31. The smallest absolute Gasteiger partial charge is 0.254 e. The molecule has 4 nitrogen and oxygen atoms in total. The molecule has 0 radical (unpaired) electrons. The lowest BCUT2D eigenvalue weighted by Crippen LogP contribution is -2.30. The van der Waals surface area contributed by atoms with E-state index < -0.39 is 0 Å². The normalized spacial score (nSPS) is 10.5. The van der Waals surface area contributed by atoms with Crippen molar-refractivity contribution >= 4 is 5.91 Å². The van der Waals surface area contributed by atoms with Crippen molar-refractivity contribution in [3.05, 3.63) is 84.2 Å². The fraction of sp³-hybridized carbons (Fsp3) is 0.158. The van der Waals surface area contributed by atoms with Crippen molar-refractivity contribution in [1.29, 1.82) is 0 Å². The highest BCUT2D eigenvalue weighted by molar-refractivity contribution is 5.94. The molecule has 0 saturated heterocycles. The Hall–Kier alpha value is -2.88. The molecule has 0 aliphatic carbocycles. The van der Waals surface area contributed by atoms with Crippen LogP contribution in [0.25, 0.3) is 5.69 Å². The van der Waals surface area contributed by atoms with Crippen molar-refractivity contribution in [3.8, 4) is 5.69 Å². The van der Waals surface area contributed by atoms with Crippen molar-refractivity contribution in [2.45, 2.75) is 13.5 Å². The van der Waals surface area contributed by atoms with Crippen molar-refractivity contribution in [1.82, 2.24) is 14.7 Å². The fourth-order valence-corrected chi connectivity index (χ4v) is 2.52. The predicted octanol–water partition coefficient (Wildman–Crippen LogP) is 3.53. The van der Waals surface area contributed by atoms with E-state index >= 15 is 0 Å². The second-order valence-electron chi connectivity index (χ2n) is 5.31. The number of nitrogens with zero attached hydrogens (tertiary/aromatic N) is 3. The Kier molecular flexibility index (Phi) is 4.52. The van der Waals surface area contributed by atoms with Crippen LogP contribution >= 0.6 is 0 Å². The van der Waals surface area contributed by atoms with E-state index in [1.807, 2.05) is 78.7 Å². The first-order valence-electron chi connectivity index (χ1n) is 7.71. The van der Waals surface area contributed by atoms with Crippen molar-refractivity contribution < 1.29 is 4.79 Å². The Balaban J connectivity index is 1.82. The molecule has 4 heteroatoms. The third-order valence-corrected chi connectivity index (χ3v) is 3.75. The highest BCUT2D eigenvalue weighted by Gasteiger charge is 2.15. The third-order valence-electron chi connectivity index (χ3n) is 3.75. The first-order valence-corrected chi connectivity index (χ1v) is 7.71. The van der Waals surface area contributed by atoms with Gasteiger partial charge in [-0.25, -0.2) is 4.68 Å². The van der Waals surface area contributed by atoms with Crippen LogP contribution in [0.1, 0.15) is 22.8 Å². The predicted molar refractivity (Wildman–Crippen MR) is 90.4 cm³/mol. The van der Waals surface area contributed by atoms with E-state index in [-0.39, 0.29) is 5.91 Å². The average molecular weight is 305 g/mol. The molecular formula is C19H19N3O. The number of rotatable bonds is 5. The van der Waals surface area contributed by atoms with Crippen molar-refractivity contribution in [2.24, 2.45) is 0 Å². The lowest BCUT2D eigenvalue weighted by Gasteiger charge is -2.21. The quantitative estimate of drug-likeness (QED) is 0.723. The summed E-state index contributed by atoms with van der Waals surface area (Å²) in [5.41, 5.74) is 2.69. The summed E-state index contributed by atoms with van der Waals surface area (Å²) in [6.07, 6.45) is 3.59. The number of hydrogen-bond acceptors (Lipinski definition) is 2. The topological polar surface area (TPSA) is 38.1 Å². The van der Waals surface area contributed by atoms with Crippen LogP contribution < -0.4 is 0 Å². The minimum absolute atomic E-state index is 0.0327. The maximum absolute atomic E-state index is 12.8. The molecule has 1 heterocycles. The van der Waals surface area contributed by atoms with Gasteiger partial charge in [-0.1, -0.05) is 36.4 Å². The van der Waals surface area contributed by atoms with Crippen LogP contribution in [-0.2, 0) is 6.54 Å². The van der Waals surface area contributed by atoms with E-state index in [1.165, 1.54) is 0 Å². The molecule has 0 bridgehead atoms. The number of carbonyl (C=O) groups is 1. The summed E-state index contributed by atoms with van der Waals surface area (Å²) >= 11 is 0. The largest absolute Gasteiger partial charge is 0.335 e. The fourth-order valence-electron chi connectivity index (χ4n) is 2.52. The van der Waals surface area contributed by atoms with Gasteiger partial charge in [-0.3, -0.25) is 4.79 Å². The summed E-state index contributed by atoms with van der Waals surface area (Å²) < 4.78 is 1.75. The van der Waals surface area contributed by atoms with Gasteiger partial charge in [-0.2, -0.15) is 5.10 Å². The molecule has 0 atom stereocenters. The zero-order valence-corrected chi connectivity index (χ0v) is 13.1. The van der Waals surface area contributed by atoms with Crippen LogP contribution in [0.4, 0.5) is 0 Å². The third kappa shape index (κ3) is 3.48. The van der Waals surface area contributed by atoms with Gasteiger partial charge in [0, 0.05) is 31.0 Å². The Morgan fingerprint density at radius 1 is 1.09 bits per heavy atom. The maximum atomic E-state index is 12.8. The van der Waals surface area contributed by atoms with Gasteiger partial charge in [0.1, 0.15) is 0 Å². The molecule has 0 aliphatic rings. The maximum Gasteiger partial charge on any atom is 0.254 e. The molecule has 0 fully saturated rings. The van der Waals surface area contributed by atoms with Crippen LogP contribution in [0.5, 0.6) is 0 Å². The number of amides is 1. The van der Waals surface area contributed by atoms with E-state index in [0.29, 0.717) is 18.7 Å². The Labute approximate surface area is 136 Å². The summed E-state index contributed by atoms with van der Waals surface area (Å²) in [6, 6.07) is 19.5. The van der Waals surface area contributed by atoms with Gasteiger partial charge < -0.3 is 4.90 Å². The molecule has 0 unspecified atom stereocenters. The van der Waals surface area contributed by atoms with Crippen LogP contribution in [0, 0.1) is 0 Å². The Morgan fingerprint density at radius 2 is 1.91 bits per heavy atom. The minimum atomic E-state index is 0.0327. The van der Waals surface area contributed by atoms with Gasteiger partial charge in [-0.05, 0) is 36.8 Å². The van der Waals surface area contributed by atoms with Gasteiger partial charge >= 0.3 is 0 Å². The van der Waals surface area contributed by atoms with E-state index in [2.05, 4.69) is 5.10 Å². The van der Waals surface area contributed by atoms with Crippen molar-refractivity contribution in [2.75, 3.05) is 6.54 Å². The van der Waals surface area contributed by atoms with Gasteiger partial charge in [-0.15, -0.1) is 0 Å². The molecule has 1 amide bonds. The number of aromatic nitrogens is 2. The summed E-state index contributed by atoms with van der Waals surface area (Å²) in [6.45, 7) is 3.28. The van der Waals surface area contributed by atoms with Gasteiger partial charge in [0.25, 0.3) is 5.91 Å². The molecular weight excluding hydrogens is 286 g/mol. The number of hydrogen-bond donors (Lipinski definition) is 0. The molecule has 0 saturated carbocycles. The van der Waals surface area contributed by atoms with Crippen LogP contribution in [-0.4, -0.2) is 27.1 Å². The molecule has 1 aromatic heterocycles. The van der Waals surface area contributed by atoms with Gasteiger partial charge in [0.05, 0.1) is 5.69 Å². The van der Waals surface area contributed by atoms with Gasteiger partial charge in [0.2, 0.25) is 0 Å². The first kappa shape index (κ1) is 15.0. The van der Waals surface area contributed by atoms with Crippen LogP contribution in [0.2, 0.25) is 0 Å². The highest BCUT2D eigenvalue weighted by atomic mass is 16.2. The molecule has 3 rings (SSSR count). The molecule has 3 aromatic rings. The summed E-state index contributed by atoms with van der Waals surface area (Å²) in [7, 11) is 0. The van der Waals surface area contributed by atoms with E-state index in [0.717, 1.165) is 11.3 Å². The van der Waals surface area contributed by atoms with Crippen molar-refractivity contribution in [3.63, 3.8) is 0 Å². The molecule has 0 spiro atoms. The minimum Gasteiger partial charge on any atom is -0.335 e. The van der Waals surface area contributed by atoms with E-state index in [9.17, 15) is 4.79 Å². The monoisotopic (exact) mass is 305 g/mol. The standard InChI is InChI=1S/C19H19N3O/c1-2-21(15-16-8-4-3-5-9-16)19(23)17-10-6-11-18(14-17)22-13-7-12-20-22/h3-14H,2,15H2,1H3. The molecule has 2 aromatic carbocycles. The average Bonchev–Trinajstić information content (AvgIpc) is 3.15. The number of carbonyl (C=O) groups excluding carboxylic acids is 1. The van der Waals surface area contributed by atoms with E-state index in [4.69, 9.17) is 0 Å². The zero-order valence-electron chi connectivity index (χ0n) is 13.1. The van der Waals surface area contributed by atoms with Crippen LogP contribution in [0.3, 0.4) is 0 Å². The van der Waals surface area contributed by atoms with Crippen LogP contribution in [0.15, 0.2) is 73.1 Å². The molecule has 0 N–H and O–H groups in total. The first-order chi connectivity index (χ1) is 11.3. The summed E-state index contributed by atoms with van der Waals surface area (Å²) in [5.74, 6) is 0.0327. The SMILES string of the molecule is CCN(Cc1ccccc1)C(=O)c1cccc(-n2cccn2)c1. The summed E-state index contributed by atoms with van der Waals surface area (Å²) in [5, 5.41) is 4.21. The molecule has 116 valence electrons. The lowest BCUT2D eigenvalue weighted by atomic mass is 10.1. The Bertz CT molecular complexity index is 766. The Morgan fingerprint density at radius 3 is 2.61 bits per heavy atom. The van der Waals surface area contributed by atoms with E-state index in [1.54, 1.807) is 10.9 Å². The van der Waals surface area contributed by atoms with Gasteiger partial charge in [0.15, 0.2) is 0 Å². The molecule has 0 aliphatic heterocycles. The lowest BCUT2D eigenvalue weighted by molar-refractivity contribution is 0.0752. The molecule has 23 heavy (non-hydrogen) atoms. The second kappa shape index (κ2) is 6.92. The highest BCUT2D eigenvalue weighted by Crippen LogP contribution is 2.14. The summed E-state index contributed by atoms with van der Waals surface area (Å²) in [4.78, 5) is 14.6. The zero-order chi connectivity index (χ0) is 16.1.